The van der Waals surface area contributed by atoms with Gasteiger partial charge in [-0.05, 0) is 54.8 Å². The van der Waals surface area contributed by atoms with Crippen LogP contribution in [0.15, 0.2) is 71.6 Å². The monoisotopic (exact) mass is 472 g/mol. The average molecular weight is 473 g/mol. The molecular weight excluding hydrogens is 448 g/mol. The van der Waals surface area contributed by atoms with Crippen molar-refractivity contribution in [1.82, 2.24) is 19.3 Å². The van der Waals surface area contributed by atoms with Crippen molar-refractivity contribution in [2.75, 3.05) is 0 Å². The molecule has 3 heterocycles. The zero-order chi connectivity index (χ0) is 23.5. The van der Waals surface area contributed by atoms with Crippen molar-refractivity contribution < 1.29 is 4.92 Å². The Kier molecular flexibility index (Phi) is 6.18. The van der Waals surface area contributed by atoms with Crippen molar-refractivity contribution in [2.45, 2.75) is 38.8 Å². The third-order valence-corrected chi connectivity index (χ3v) is 6.81. The largest absolute Gasteiger partial charge is 0.313 e. The van der Waals surface area contributed by atoms with Gasteiger partial charge >= 0.3 is 0 Å². The van der Waals surface area contributed by atoms with Gasteiger partial charge in [-0.15, -0.1) is 28.1 Å². The molecular formula is C25H24N6O2S. The molecule has 0 unspecified atom stereocenters. The number of allylic oxidation sites excluding steroid dienone is 1. The normalized spacial score (nSPS) is 13.9. The highest BCUT2D eigenvalue weighted by Gasteiger charge is 2.16. The fourth-order valence-electron chi connectivity index (χ4n) is 4.20. The Labute approximate surface area is 200 Å². The van der Waals surface area contributed by atoms with E-state index in [4.69, 9.17) is 4.99 Å². The third-order valence-electron chi connectivity index (χ3n) is 5.94. The first kappa shape index (κ1) is 22.0. The first-order valence-corrected chi connectivity index (χ1v) is 12.1. The second-order valence-corrected chi connectivity index (χ2v) is 9.00. The molecule has 0 atom stereocenters. The minimum Gasteiger partial charge on any atom is -0.313 e. The maximum atomic E-state index is 11.0. The predicted octanol–water partition coefficient (Wildman–Crippen LogP) is 5.53. The highest BCUT2D eigenvalue weighted by molar-refractivity contribution is 7.07. The van der Waals surface area contributed by atoms with E-state index in [9.17, 15) is 10.1 Å². The van der Waals surface area contributed by atoms with Crippen molar-refractivity contribution in [3.63, 3.8) is 0 Å². The zero-order valence-electron chi connectivity index (χ0n) is 18.6. The summed E-state index contributed by atoms with van der Waals surface area (Å²) in [7, 11) is 0. The summed E-state index contributed by atoms with van der Waals surface area (Å²) in [6.07, 6.45) is 6.36. The van der Waals surface area contributed by atoms with Gasteiger partial charge in [0, 0.05) is 42.6 Å². The van der Waals surface area contributed by atoms with E-state index >= 15 is 0 Å². The number of hydrogen-bond donors (Lipinski definition) is 0. The lowest BCUT2D eigenvalue weighted by Crippen LogP contribution is -2.14. The van der Waals surface area contributed by atoms with E-state index < -0.39 is 4.92 Å². The zero-order valence-corrected chi connectivity index (χ0v) is 19.4. The number of aromatic nitrogens is 4. The molecule has 4 aromatic rings. The predicted molar refractivity (Wildman–Crippen MR) is 133 cm³/mol. The molecule has 2 aromatic carbocycles. The lowest BCUT2D eigenvalue weighted by atomic mass is 10.1. The minimum absolute atomic E-state index is 0.0730. The van der Waals surface area contributed by atoms with E-state index in [1.165, 1.54) is 36.3 Å². The topological polar surface area (TPSA) is 91.1 Å². The van der Waals surface area contributed by atoms with Gasteiger partial charge < -0.3 is 9.13 Å². The van der Waals surface area contributed by atoms with Crippen LogP contribution in [0.5, 0.6) is 0 Å². The molecule has 0 fully saturated rings. The molecule has 0 radical (unpaired) electrons. The first-order chi connectivity index (χ1) is 16.6. The van der Waals surface area contributed by atoms with Gasteiger partial charge in [0.1, 0.15) is 5.82 Å². The Hall–Kier alpha value is -3.85. The van der Waals surface area contributed by atoms with Gasteiger partial charge in [0.25, 0.3) is 5.69 Å². The Morgan fingerprint density at radius 1 is 1.06 bits per heavy atom. The van der Waals surface area contributed by atoms with Crippen LogP contribution in [0.1, 0.15) is 25.1 Å². The summed E-state index contributed by atoms with van der Waals surface area (Å²) in [6, 6.07) is 14.7. The molecule has 0 aliphatic carbocycles. The van der Waals surface area contributed by atoms with Crippen LogP contribution in [0.3, 0.4) is 0 Å². The van der Waals surface area contributed by atoms with Crippen LogP contribution in [-0.4, -0.2) is 24.3 Å². The second-order valence-electron chi connectivity index (χ2n) is 8.17. The summed E-state index contributed by atoms with van der Waals surface area (Å²) in [4.78, 5) is 16.3. The molecule has 0 N–H and O–H groups in total. The lowest BCUT2D eigenvalue weighted by molar-refractivity contribution is -0.384. The number of nitro groups is 1. The molecule has 34 heavy (non-hydrogen) atoms. The molecule has 0 spiro atoms. The third kappa shape index (κ3) is 4.34. The number of aryl methyl sites for hydroxylation is 1. The van der Waals surface area contributed by atoms with Crippen LogP contribution < -0.4 is 4.80 Å². The number of benzene rings is 2. The molecule has 172 valence electrons. The second kappa shape index (κ2) is 9.56. The molecule has 0 saturated carbocycles. The van der Waals surface area contributed by atoms with Crippen LogP contribution >= 0.6 is 11.3 Å². The fourth-order valence-corrected chi connectivity index (χ4v) is 5.14. The Morgan fingerprint density at radius 2 is 1.82 bits per heavy atom. The molecule has 0 amide bonds. The SMILES string of the molecule is C=CCn1c(-c2ccc([N+](=O)[O-])cc2)csc1=Nc1ccc(-c2nnc3n2CCCCC3)cc1. The molecule has 0 saturated heterocycles. The van der Waals surface area contributed by atoms with Crippen LogP contribution in [0.2, 0.25) is 0 Å². The van der Waals surface area contributed by atoms with E-state index in [-0.39, 0.29) is 5.69 Å². The van der Waals surface area contributed by atoms with Crippen LogP contribution in [0.25, 0.3) is 22.6 Å². The van der Waals surface area contributed by atoms with Crippen LogP contribution in [-0.2, 0) is 19.5 Å². The van der Waals surface area contributed by atoms with E-state index in [2.05, 4.69) is 25.9 Å². The van der Waals surface area contributed by atoms with E-state index in [0.717, 1.165) is 58.3 Å². The smallest absolute Gasteiger partial charge is 0.269 e. The molecule has 8 nitrogen and oxygen atoms in total. The lowest BCUT2D eigenvalue weighted by Gasteiger charge is -2.07. The van der Waals surface area contributed by atoms with Crippen molar-refractivity contribution in [3.05, 3.63) is 87.3 Å². The maximum absolute atomic E-state index is 11.0. The molecule has 1 aliphatic rings. The quantitative estimate of drug-likeness (QED) is 0.210. The van der Waals surface area contributed by atoms with Crippen LogP contribution in [0, 0.1) is 10.1 Å². The fraction of sp³-hybridized carbons (Fsp3) is 0.240. The van der Waals surface area contributed by atoms with Crippen molar-refractivity contribution in [1.29, 1.82) is 0 Å². The van der Waals surface area contributed by atoms with Gasteiger partial charge in [-0.2, -0.15) is 0 Å². The van der Waals surface area contributed by atoms with Crippen LogP contribution in [0.4, 0.5) is 11.4 Å². The summed E-state index contributed by atoms with van der Waals surface area (Å²) in [5.41, 5.74) is 3.80. The molecule has 2 aromatic heterocycles. The maximum Gasteiger partial charge on any atom is 0.269 e. The first-order valence-electron chi connectivity index (χ1n) is 11.3. The van der Waals surface area contributed by atoms with Crippen molar-refractivity contribution in [3.8, 4) is 22.6 Å². The van der Waals surface area contributed by atoms with Crippen molar-refractivity contribution in [2.24, 2.45) is 4.99 Å². The average Bonchev–Trinajstić information content (AvgIpc) is 3.36. The van der Waals surface area contributed by atoms with E-state index in [1.807, 2.05) is 35.7 Å². The Bertz CT molecular complexity index is 1400. The number of non-ortho nitro benzene ring substituents is 1. The molecule has 9 heteroatoms. The van der Waals surface area contributed by atoms with Gasteiger partial charge in [-0.3, -0.25) is 10.1 Å². The van der Waals surface area contributed by atoms with Gasteiger partial charge in [0.05, 0.1) is 16.3 Å². The number of fused-ring (bicyclic) bond motifs is 1. The van der Waals surface area contributed by atoms with E-state index in [0.29, 0.717) is 6.54 Å². The van der Waals surface area contributed by atoms with Gasteiger partial charge in [0.15, 0.2) is 10.6 Å². The Morgan fingerprint density at radius 3 is 2.56 bits per heavy atom. The van der Waals surface area contributed by atoms with Gasteiger partial charge in [-0.1, -0.05) is 12.5 Å². The summed E-state index contributed by atoms with van der Waals surface area (Å²) >= 11 is 1.53. The van der Waals surface area contributed by atoms with Crippen molar-refractivity contribution >= 4 is 22.7 Å². The number of nitrogens with zero attached hydrogens (tertiary/aromatic N) is 6. The number of hydrogen-bond acceptors (Lipinski definition) is 6. The van der Waals surface area contributed by atoms with Gasteiger partial charge in [-0.25, -0.2) is 4.99 Å². The summed E-state index contributed by atoms with van der Waals surface area (Å²) in [5.74, 6) is 1.99. The summed E-state index contributed by atoms with van der Waals surface area (Å²) in [6.45, 7) is 5.42. The standard InChI is InChI=1S/C25H24N6O2S/c1-2-15-29-22(18-9-13-21(14-10-18)31(32)33)17-34-25(29)26-20-11-7-19(8-12-20)24-28-27-23-6-4-3-5-16-30(23)24/h2,7-14,17H,1,3-6,15-16H2. The highest BCUT2D eigenvalue weighted by atomic mass is 32.1. The summed E-state index contributed by atoms with van der Waals surface area (Å²) < 4.78 is 4.30. The number of nitro benzene ring substituents is 1. The Balaban J connectivity index is 1.46. The molecule has 5 rings (SSSR count). The van der Waals surface area contributed by atoms with E-state index in [1.54, 1.807) is 12.1 Å². The summed E-state index contributed by atoms with van der Waals surface area (Å²) in [5, 5.41) is 21.8. The number of thiazole rings is 1. The highest BCUT2D eigenvalue weighted by Crippen LogP contribution is 2.26. The van der Waals surface area contributed by atoms with Gasteiger partial charge in [0.2, 0.25) is 0 Å². The molecule has 0 bridgehead atoms. The number of rotatable bonds is 6. The minimum atomic E-state index is -0.392. The molecule has 1 aliphatic heterocycles.